The highest BCUT2D eigenvalue weighted by Crippen LogP contribution is 2.28. The zero-order valence-electron chi connectivity index (χ0n) is 10.6. The van der Waals surface area contributed by atoms with Gasteiger partial charge in [-0.15, -0.1) is 0 Å². The Hall–Kier alpha value is -1.87. The summed E-state index contributed by atoms with van der Waals surface area (Å²) in [6.07, 6.45) is 1.62. The van der Waals surface area contributed by atoms with Gasteiger partial charge in [0.15, 0.2) is 0 Å². The van der Waals surface area contributed by atoms with Crippen LogP contribution in [0.4, 0.5) is 0 Å². The Kier molecular flexibility index (Phi) is 3.95. The molecule has 0 saturated heterocycles. The van der Waals surface area contributed by atoms with Crippen LogP contribution in [0.15, 0.2) is 42.6 Å². The van der Waals surface area contributed by atoms with Crippen molar-refractivity contribution in [2.45, 2.75) is 19.4 Å². The molecule has 0 aliphatic rings. The first kappa shape index (κ1) is 12.6. The summed E-state index contributed by atoms with van der Waals surface area (Å²) < 4.78 is 5.30. The SMILES string of the molecule is COc1cc(C)ccc1C(O)Cc1ccccn1. The largest absolute Gasteiger partial charge is 0.496 e. The molecule has 0 radical (unpaired) electrons. The predicted molar refractivity (Wildman–Crippen MR) is 70.6 cm³/mol. The molecule has 1 atom stereocenters. The second-order valence-electron chi connectivity index (χ2n) is 4.29. The lowest BCUT2D eigenvalue weighted by Gasteiger charge is -2.15. The van der Waals surface area contributed by atoms with E-state index in [0.29, 0.717) is 6.42 Å². The van der Waals surface area contributed by atoms with E-state index in [-0.39, 0.29) is 0 Å². The van der Waals surface area contributed by atoms with Crippen molar-refractivity contribution < 1.29 is 9.84 Å². The number of aliphatic hydroxyl groups excluding tert-OH is 1. The van der Waals surface area contributed by atoms with Crippen molar-refractivity contribution >= 4 is 0 Å². The second kappa shape index (κ2) is 5.65. The molecule has 0 spiro atoms. The molecule has 1 aromatic heterocycles. The van der Waals surface area contributed by atoms with Crippen LogP contribution in [-0.2, 0) is 6.42 Å². The van der Waals surface area contributed by atoms with Gasteiger partial charge >= 0.3 is 0 Å². The Bertz CT molecular complexity index is 511. The van der Waals surface area contributed by atoms with Crippen LogP contribution in [0, 0.1) is 6.92 Å². The third-order valence-electron chi connectivity index (χ3n) is 2.88. The van der Waals surface area contributed by atoms with E-state index in [1.54, 1.807) is 13.3 Å². The standard InChI is InChI=1S/C15H17NO2/c1-11-6-7-13(15(9-11)18-2)14(17)10-12-5-3-4-8-16-12/h3-9,14,17H,10H2,1-2H3. The van der Waals surface area contributed by atoms with Crippen LogP contribution in [-0.4, -0.2) is 17.2 Å². The summed E-state index contributed by atoms with van der Waals surface area (Å²) in [5.41, 5.74) is 2.78. The first-order valence-corrected chi connectivity index (χ1v) is 5.93. The molecule has 3 heteroatoms. The Balaban J connectivity index is 2.21. The van der Waals surface area contributed by atoms with Gasteiger partial charge in [-0.1, -0.05) is 18.2 Å². The Morgan fingerprint density at radius 3 is 2.78 bits per heavy atom. The molecule has 0 amide bonds. The van der Waals surface area contributed by atoms with E-state index >= 15 is 0 Å². The molecule has 0 aliphatic heterocycles. The molecule has 0 bridgehead atoms. The van der Waals surface area contributed by atoms with E-state index in [9.17, 15) is 5.11 Å². The fourth-order valence-corrected chi connectivity index (χ4v) is 1.92. The van der Waals surface area contributed by atoms with Gasteiger partial charge in [-0.25, -0.2) is 0 Å². The van der Waals surface area contributed by atoms with Crippen LogP contribution in [0.3, 0.4) is 0 Å². The molecule has 2 rings (SSSR count). The number of hydrogen-bond donors (Lipinski definition) is 1. The number of hydrogen-bond acceptors (Lipinski definition) is 3. The number of benzene rings is 1. The van der Waals surface area contributed by atoms with E-state index in [0.717, 1.165) is 22.6 Å². The highest BCUT2D eigenvalue weighted by Gasteiger charge is 2.14. The van der Waals surface area contributed by atoms with Gasteiger partial charge in [-0.05, 0) is 30.7 Å². The molecule has 1 unspecified atom stereocenters. The summed E-state index contributed by atoms with van der Waals surface area (Å²) in [5.74, 6) is 0.721. The van der Waals surface area contributed by atoms with Gasteiger partial charge in [0.2, 0.25) is 0 Å². The number of ether oxygens (including phenoxy) is 1. The Morgan fingerprint density at radius 1 is 1.28 bits per heavy atom. The van der Waals surface area contributed by atoms with E-state index in [1.165, 1.54) is 0 Å². The third kappa shape index (κ3) is 2.87. The van der Waals surface area contributed by atoms with Gasteiger partial charge < -0.3 is 9.84 Å². The van der Waals surface area contributed by atoms with Crippen LogP contribution in [0.1, 0.15) is 22.9 Å². The lowest BCUT2D eigenvalue weighted by molar-refractivity contribution is 0.173. The third-order valence-corrected chi connectivity index (χ3v) is 2.88. The fourth-order valence-electron chi connectivity index (χ4n) is 1.92. The fraction of sp³-hybridized carbons (Fsp3) is 0.267. The summed E-state index contributed by atoms with van der Waals surface area (Å²) in [7, 11) is 1.62. The molecule has 1 aromatic carbocycles. The van der Waals surface area contributed by atoms with Crippen LogP contribution >= 0.6 is 0 Å². The highest BCUT2D eigenvalue weighted by atomic mass is 16.5. The zero-order valence-corrected chi connectivity index (χ0v) is 10.6. The zero-order chi connectivity index (χ0) is 13.0. The number of nitrogens with zero attached hydrogens (tertiary/aromatic N) is 1. The van der Waals surface area contributed by atoms with Crippen molar-refractivity contribution in [1.29, 1.82) is 0 Å². The maximum atomic E-state index is 10.3. The number of aliphatic hydroxyl groups is 1. The van der Waals surface area contributed by atoms with Gasteiger partial charge in [-0.2, -0.15) is 0 Å². The van der Waals surface area contributed by atoms with Crippen molar-refractivity contribution in [1.82, 2.24) is 4.98 Å². The van der Waals surface area contributed by atoms with E-state index in [4.69, 9.17) is 4.74 Å². The van der Waals surface area contributed by atoms with Gasteiger partial charge in [0, 0.05) is 23.9 Å². The summed E-state index contributed by atoms with van der Waals surface area (Å²) >= 11 is 0. The molecule has 0 saturated carbocycles. The number of aromatic nitrogens is 1. The maximum Gasteiger partial charge on any atom is 0.124 e. The highest BCUT2D eigenvalue weighted by molar-refractivity contribution is 5.39. The van der Waals surface area contributed by atoms with Crippen molar-refractivity contribution in [3.8, 4) is 5.75 Å². The summed E-state index contributed by atoms with van der Waals surface area (Å²) in [5, 5.41) is 10.3. The lowest BCUT2D eigenvalue weighted by Crippen LogP contribution is -2.05. The summed E-state index contributed by atoms with van der Waals surface area (Å²) in [6, 6.07) is 11.5. The lowest BCUT2D eigenvalue weighted by atomic mass is 10.0. The normalized spacial score (nSPS) is 12.2. The van der Waals surface area contributed by atoms with E-state index in [1.807, 2.05) is 43.3 Å². The van der Waals surface area contributed by atoms with E-state index < -0.39 is 6.10 Å². The first-order chi connectivity index (χ1) is 8.70. The Labute approximate surface area is 107 Å². The number of rotatable bonds is 4. The van der Waals surface area contributed by atoms with Crippen molar-refractivity contribution in [3.63, 3.8) is 0 Å². The molecular formula is C15H17NO2. The van der Waals surface area contributed by atoms with Crippen LogP contribution < -0.4 is 4.74 Å². The molecule has 3 nitrogen and oxygen atoms in total. The van der Waals surface area contributed by atoms with Crippen molar-refractivity contribution in [3.05, 3.63) is 59.4 Å². The molecule has 1 N–H and O–H groups in total. The molecule has 18 heavy (non-hydrogen) atoms. The van der Waals surface area contributed by atoms with E-state index in [2.05, 4.69) is 4.98 Å². The molecule has 94 valence electrons. The first-order valence-electron chi connectivity index (χ1n) is 5.93. The molecule has 0 fully saturated rings. The average Bonchev–Trinajstić information content (AvgIpc) is 2.39. The molecule has 1 heterocycles. The minimum absolute atomic E-state index is 0.486. The van der Waals surface area contributed by atoms with Gasteiger partial charge in [0.05, 0.1) is 13.2 Å². The van der Waals surface area contributed by atoms with Crippen LogP contribution in [0.25, 0.3) is 0 Å². The number of aryl methyl sites for hydroxylation is 1. The van der Waals surface area contributed by atoms with Crippen LogP contribution in [0.5, 0.6) is 5.75 Å². The average molecular weight is 243 g/mol. The number of methoxy groups -OCH3 is 1. The van der Waals surface area contributed by atoms with Gasteiger partial charge in [0.1, 0.15) is 5.75 Å². The van der Waals surface area contributed by atoms with Crippen molar-refractivity contribution in [2.24, 2.45) is 0 Å². The van der Waals surface area contributed by atoms with Crippen LogP contribution in [0.2, 0.25) is 0 Å². The minimum atomic E-state index is -0.601. The quantitative estimate of drug-likeness (QED) is 0.897. The van der Waals surface area contributed by atoms with Gasteiger partial charge in [-0.3, -0.25) is 4.98 Å². The predicted octanol–water partition coefficient (Wildman–Crippen LogP) is 2.67. The van der Waals surface area contributed by atoms with Crippen molar-refractivity contribution in [2.75, 3.05) is 7.11 Å². The maximum absolute atomic E-state index is 10.3. The molecule has 2 aromatic rings. The summed E-state index contributed by atoms with van der Waals surface area (Å²) in [6.45, 7) is 2.00. The molecular weight excluding hydrogens is 226 g/mol. The monoisotopic (exact) mass is 243 g/mol. The number of pyridine rings is 1. The topological polar surface area (TPSA) is 42.4 Å². The second-order valence-corrected chi connectivity index (χ2v) is 4.29. The Morgan fingerprint density at radius 2 is 2.11 bits per heavy atom. The smallest absolute Gasteiger partial charge is 0.124 e. The summed E-state index contributed by atoms with van der Waals surface area (Å²) in [4.78, 5) is 4.22. The van der Waals surface area contributed by atoms with Gasteiger partial charge in [0.25, 0.3) is 0 Å². The minimum Gasteiger partial charge on any atom is -0.496 e. The molecule has 0 aliphatic carbocycles.